The Hall–Kier alpha value is -1.96. The summed E-state index contributed by atoms with van der Waals surface area (Å²) in [5.41, 5.74) is 2.74. The Morgan fingerprint density at radius 3 is 2.55 bits per heavy atom. The number of likely N-dealkylation sites (N-methyl/N-ethyl adjacent to an activating group) is 1. The van der Waals surface area contributed by atoms with E-state index in [1.165, 1.54) is 11.6 Å². The van der Waals surface area contributed by atoms with Gasteiger partial charge in [-0.25, -0.2) is 13.8 Å². The smallest absolute Gasteiger partial charge is 0.159 e. The minimum absolute atomic E-state index is 0.283. The first kappa shape index (κ1) is 27.3. The van der Waals surface area contributed by atoms with Crippen LogP contribution in [-0.4, -0.2) is 41.2 Å². The lowest BCUT2D eigenvalue weighted by atomic mass is 9.86. The second kappa shape index (κ2) is 13.7. The first-order valence-corrected chi connectivity index (χ1v) is 12.5. The van der Waals surface area contributed by atoms with Crippen LogP contribution in [0, 0.1) is 17.6 Å². The average Bonchev–Trinajstić information content (AvgIpc) is 2.80. The highest BCUT2D eigenvalue weighted by atomic mass is 32.2. The van der Waals surface area contributed by atoms with Crippen molar-refractivity contribution in [1.82, 2.24) is 9.62 Å². The van der Waals surface area contributed by atoms with E-state index in [2.05, 4.69) is 48.2 Å². The van der Waals surface area contributed by atoms with E-state index >= 15 is 0 Å². The molecule has 2 N–H and O–H groups in total. The molecule has 7 heteroatoms. The van der Waals surface area contributed by atoms with Crippen LogP contribution in [0.3, 0.4) is 0 Å². The number of nitrogens with zero attached hydrogens (tertiary/aromatic N) is 2. The van der Waals surface area contributed by atoms with Crippen LogP contribution in [-0.2, 0) is 0 Å². The maximum absolute atomic E-state index is 13.3. The third-order valence-electron chi connectivity index (χ3n) is 6.05. The molecule has 1 aromatic rings. The molecule has 1 atom stereocenters. The number of rotatable bonds is 10. The molecule has 1 saturated carbocycles. The molecule has 1 aliphatic carbocycles. The molecular formula is C26H37F2N3OS. The van der Waals surface area contributed by atoms with Gasteiger partial charge in [0.25, 0.3) is 0 Å². The van der Waals surface area contributed by atoms with E-state index in [1.807, 2.05) is 13.0 Å². The van der Waals surface area contributed by atoms with Crippen molar-refractivity contribution >= 4 is 17.8 Å². The van der Waals surface area contributed by atoms with Gasteiger partial charge in [0.15, 0.2) is 11.6 Å². The minimum Gasteiger partial charge on any atom is -0.387 e. The van der Waals surface area contributed by atoms with Crippen LogP contribution in [0.1, 0.15) is 58.1 Å². The SMILES string of the molecule is C=CN=C(C(C=CC)=C(C)C)N(C)C1CCC(CSNCC(O)c2ccc(F)c(F)c2)CC1. The van der Waals surface area contributed by atoms with Crippen LogP contribution in [0.2, 0.25) is 0 Å². The lowest BCUT2D eigenvalue weighted by Crippen LogP contribution is -2.40. The zero-order chi connectivity index (χ0) is 24.4. The fourth-order valence-corrected chi connectivity index (χ4v) is 5.06. The second-order valence-corrected chi connectivity index (χ2v) is 9.59. The predicted molar refractivity (Wildman–Crippen MR) is 136 cm³/mol. The van der Waals surface area contributed by atoms with Crippen LogP contribution >= 0.6 is 11.9 Å². The van der Waals surface area contributed by atoms with Gasteiger partial charge in [-0.3, -0.25) is 4.72 Å². The molecule has 4 nitrogen and oxygen atoms in total. The van der Waals surface area contributed by atoms with E-state index in [-0.39, 0.29) is 6.54 Å². The standard InChI is InChI=1S/C26H37F2N3OS/c1-6-8-22(18(3)4)26(29-7-2)31(5)21-12-9-19(10-13-21)17-33-30-16-25(32)20-11-14-23(27)24(28)15-20/h6-8,11,14-15,19,21,25,30,32H,2,9-10,12-13,16-17H2,1,3-5H3. The summed E-state index contributed by atoms with van der Waals surface area (Å²) in [6, 6.07) is 3.94. The number of hydrogen-bond acceptors (Lipinski definition) is 4. The topological polar surface area (TPSA) is 47.9 Å². The normalized spacial score (nSPS) is 20.0. The van der Waals surface area contributed by atoms with E-state index in [1.54, 1.807) is 18.1 Å². The van der Waals surface area contributed by atoms with Crippen molar-refractivity contribution in [2.75, 3.05) is 19.3 Å². The van der Waals surface area contributed by atoms with Crippen molar-refractivity contribution in [3.8, 4) is 0 Å². The van der Waals surface area contributed by atoms with E-state index < -0.39 is 17.7 Å². The van der Waals surface area contributed by atoms with Crippen LogP contribution in [0.15, 0.2) is 59.3 Å². The molecular weight excluding hydrogens is 440 g/mol. The van der Waals surface area contributed by atoms with Gasteiger partial charge in [0.05, 0.1) is 6.10 Å². The molecule has 0 spiro atoms. The van der Waals surface area contributed by atoms with Crippen molar-refractivity contribution in [2.45, 2.75) is 58.6 Å². The van der Waals surface area contributed by atoms with Crippen molar-refractivity contribution in [3.63, 3.8) is 0 Å². The number of amidine groups is 1. The van der Waals surface area contributed by atoms with E-state index in [0.29, 0.717) is 17.5 Å². The van der Waals surface area contributed by atoms with Crippen molar-refractivity contribution in [2.24, 2.45) is 10.9 Å². The number of nitrogens with one attached hydrogen (secondary N) is 1. The van der Waals surface area contributed by atoms with E-state index in [9.17, 15) is 13.9 Å². The number of hydrogen-bond donors (Lipinski definition) is 2. The number of benzene rings is 1. The largest absolute Gasteiger partial charge is 0.387 e. The molecule has 1 fully saturated rings. The molecule has 1 aromatic carbocycles. The second-order valence-electron chi connectivity index (χ2n) is 8.68. The summed E-state index contributed by atoms with van der Waals surface area (Å²) in [6.07, 6.45) is 9.34. The Morgan fingerprint density at radius 2 is 1.97 bits per heavy atom. The summed E-state index contributed by atoms with van der Waals surface area (Å²) >= 11 is 1.58. The van der Waals surface area contributed by atoms with Gasteiger partial charge in [0.2, 0.25) is 0 Å². The number of aliphatic hydroxyl groups excluding tert-OH is 1. The van der Waals surface area contributed by atoms with E-state index in [4.69, 9.17) is 0 Å². The van der Waals surface area contributed by atoms with Crippen LogP contribution in [0.4, 0.5) is 8.78 Å². The molecule has 0 saturated heterocycles. The number of halogens is 2. The highest BCUT2D eigenvalue weighted by Gasteiger charge is 2.26. The molecule has 0 radical (unpaired) electrons. The van der Waals surface area contributed by atoms with Gasteiger partial charge in [-0.1, -0.05) is 42.3 Å². The van der Waals surface area contributed by atoms with Gasteiger partial charge in [0, 0.05) is 37.2 Å². The first-order valence-electron chi connectivity index (χ1n) is 11.5. The zero-order valence-electron chi connectivity index (χ0n) is 20.2. The minimum atomic E-state index is -0.940. The Bertz CT molecular complexity index is 872. The molecule has 33 heavy (non-hydrogen) atoms. The number of allylic oxidation sites excluding steroid dienone is 2. The Labute approximate surface area is 201 Å². The summed E-state index contributed by atoms with van der Waals surface area (Å²) in [4.78, 5) is 6.88. The molecule has 1 unspecified atom stereocenters. The average molecular weight is 478 g/mol. The fourth-order valence-electron chi connectivity index (χ4n) is 4.09. The fraction of sp³-hybridized carbons (Fsp3) is 0.500. The van der Waals surface area contributed by atoms with Crippen LogP contribution in [0.25, 0.3) is 0 Å². The molecule has 0 heterocycles. The van der Waals surface area contributed by atoms with E-state index in [0.717, 1.165) is 55.0 Å². The van der Waals surface area contributed by atoms with Crippen LogP contribution in [0.5, 0.6) is 0 Å². The monoisotopic (exact) mass is 477 g/mol. The summed E-state index contributed by atoms with van der Waals surface area (Å²) in [7, 11) is 2.12. The molecule has 0 amide bonds. The molecule has 1 aliphatic rings. The Kier molecular flexibility index (Phi) is 11.3. The molecule has 2 rings (SSSR count). The lowest BCUT2D eigenvalue weighted by Gasteiger charge is -2.37. The summed E-state index contributed by atoms with van der Waals surface area (Å²) in [5, 5.41) is 10.2. The van der Waals surface area contributed by atoms with Crippen molar-refractivity contribution in [1.29, 1.82) is 0 Å². The van der Waals surface area contributed by atoms with Gasteiger partial charge in [0.1, 0.15) is 5.84 Å². The van der Waals surface area contributed by atoms with Gasteiger partial charge >= 0.3 is 0 Å². The third kappa shape index (κ3) is 8.09. The third-order valence-corrected chi connectivity index (χ3v) is 7.06. The maximum atomic E-state index is 13.3. The van der Waals surface area contributed by atoms with Crippen molar-refractivity contribution in [3.05, 3.63) is 71.5 Å². The van der Waals surface area contributed by atoms with Gasteiger partial charge in [-0.05, 0) is 70.1 Å². The molecule has 0 aliphatic heterocycles. The summed E-state index contributed by atoms with van der Waals surface area (Å²) < 4.78 is 29.6. The first-order chi connectivity index (χ1) is 15.8. The van der Waals surface area contributed by atoms with Gasteiger partial charge in [-0.15, -0.1) is 0 Å². The number of aliphatic imine (C=N–C) groups is 1. The molecule has 0 aromatic heterocycles. The Morgan fingerprint density at radius 1 is 1.27 bits per heavy atom. The Balaban J connectivity index is 1.80. The number of aliphatic hydroxyl groups is 1. The van der Waals surface area contributed by atoms with Gasteiger partial charge < -0.3 is 10.0 Å². The highest BCUT2D eigenvalue weighted by molar-refractivity contribution is 7.97. The molecule has 0 bridgehead atoms. The quantitative estimate of drug-likeness (QED) is 0.139. The van der Waals surface area contributed by atoms with Crippen molar-refractivity contribution < 1.29 is 13.9 Å². The maximum Gasteiger partial charge on any atom is 0.159 e. The highest BCUT2D eigenvalue weighted by Crippen LogP contribution is 2.30. The predicted octanol–water partition coefficient (Wildman–Crippen LogP) is 6.18. The summed E-state index contributed by atoms with van der Waals surface area (Å²) in [5.74, 6) is 0.673. The molecule has 182 valence electrons. The zero-order valence-corrected chi connectivity index (χ0v) is 21.0. The lowest BCUT2D eigenvalue weighted by molar-refractivity contribution is 0.182. The van der Waals surface area contributed by atoms with Crippen LogP contribution < -0.4 is 4.72 Å². The van der Waals surface area contributed by atoms with Gasteiger partial charge in [-0.2, -0.15) is 0 Å². The summed E-state index contributed by atoms with van der Waals surface area (Å²) in [6.45, 7) is 10.3.